The van der Waals surface area contributed by atoms with Crippen molar-refractivity contribution in [3.63, 3.8) is 0 Å². The maximum absolute atomic E-state index is 5.47. The molecule has 6 heavy (non-hydrogen) atoms. The number of rotatable bonds is 2. The fraction of sp³-hybridized carbons (Fsp3) is 0.333. The minimum atomic E-state index is -1.79. The van der Waals surface area contributed by atoms with Crippen LogP contribution in [0, 0.1) is 0 Å². The van der Waals surface area contributed by atoms with Crippen LogP contribution in [0.1, 0.15) is 0 Å². The van der Waals surface area contributed by atoms with Crippen molar-refractivity contribution in [2.75, 3.05) is 0 Å². The summed E-state index contributed by atoms with van der Waals surface area (Å²) in [4.78, 5) is 0. The Bertz CT molecular complexity index is 44.1. The third-order valence-corrected chi connectivity index (χ3v) is 4.07. The Kier molecular flexibility index (Phi) is 5.08. The molecule has 0 amide bonds. The van der Waals surface area contributed by atoms with Gasteiger partial charge in [-0.3, -0.25) is 0 Å². The maximum atomic E-state index is 5.47. The second kappa shape index (κ2) is 4.28. The number of hydrogen-bond acceptors (Lipinski definition) is 0. The van der Waals surface area contributed by atoms with Crippen LogP contribution in [0.25, 0.3) is 0 Å². The Hall–Kier alpha value is 1.12. The van der Waals surface area contributed by atoms with E-state index in [0.717, 1.165) is 4.44 Å². The molecule has 0 aromatic rings. The Morgan fingerprint density at radius 1 is 1.67 bits per heavy atom. The fourth-order valence-electron chi connectivity index (χ4n) is 0.109. The summed E-state index contributed by atoms with van der Waals surface area (Å²) in [5.74, 6) is 0. The Morgan fingerprint density at radius 3 is 2.17 bits per heavy atom. The summed E-state index contributed by atoms with van der Waals surface area (Å²) < 4.78 is 0.866. The van der Waals surface area contributed by atoms with Crippen molar-refractivity contribution < 1.29 is 0 Å². The number of allylic oxidation sites excluding steroid dienone is 1. The number of hydrogen-bond donors (Lipinski definition) is 0. The van der Waals surface area contributed by atoms with Gasteiger partial charge in [-0.2, -0.15) is 0 Å². The zero-order valence-corrected chi connectivity index (χ0v) is 7.61. The van der Waals surface area contributed by atoms with Crippen LogP contribution < -0.4 is 0 Å². The predicted octanol–water partition coefficient (Wildman–Crippen LogP) is 2.14. The molecule has 0 saturated carbocycles. The van der Waals surface area contributed by atoms with Crippen LogP contribution in [0.4, 0.5) is 0 Å². The Balaban J connectivity index is 2.81. The normalized spacial score (nSPS) is 7.67. The SMILES string of the molecule is C=C[CH2][Sn+]([Cl])[Cl]. The molecule has 0 N–H and O–H groups in total. The Labute approximate surface area is 52.3 Å². The van der Waals surface area contributed by atoms with Crippen molar-refractivity contribution in [3.8, 4) is 0 Å². The van der Waals surface area contributed by atoms with Crippen LogP contribution in [-0.2, 0) is 0 Å². The molecule has 0 aliphatic rings. The van der Waals surface area contributed by atoms with E-state index in [1.165, 1.54) is 0 Å². The summed E-state index contributed by atoms with van der Waals surface area (Å²) >= 11 is -1.79. The van der Waals surface area contributed by atoms with Gasteiger partial charge in [-0.1, -0.05) is 0 Å². The summed E-state index contributed by atoms with van der Waals surface area (Å²) in [6.07, 6.45) is 1.77. The first kappa shape index (κ1) is 7.12. The van der Waals surface area contributed by atoms with Gasteiger partial charge in [0.15, 0.2) is 0 Å². The average Bonchev–Trinajstić information content (AvgIpc) is 1.35. The van der Waals surface area contributed by atoms with Gasteiger partial charge >= 0.3 is 52.4 Å². The first-order valence-electron chi connectivity index (χ1n) is 1.55. The molecule has 0 bridgehead atoms. The molecule has 34 valence electrons. The molecule has 3 heteroatoms. The molecule has 0 fully saturated rings. The van der Waals surface area contributed by atoms with Crippen LogP contribution in [0.2, 0.25) is 4.44 Å². The standard InChI is InChI=1S/C3H5.2ClH.Sn/c1-3-2;;;/h3H,1-2H2;2*1H;/q;;;+3/p-2. The molecule has 0 aromatic heterocycles. The van der Waals surface area contributed by atoms with Crippen molar-refractivity contribution in [3.05, 3.63) is 12.7 Å². The topological polar surface area (TPSA) is 0 Å². The summed E-state index contributed by atoms with van der Waals surface area (Å²) in [5.41, 5.74) is 0. The second-order valence-corrected chi connectivity index (χ2v) is 11.3. The van der Waals surface area contributed by atoms with E-state index >= 15 is 0 Å². The van der Waals surface area contributed by atoms with Gasteiger partial charge in [0.1, 0.15) is 0 Å². The molecular formula is C3H5Cl2Sn+. The van der Waals surface area contributed by atoms with Gasteiger partial charge in [-0.15, -0.1) is 0 Å². The molecular weight excluding hydrogens is 226 g/mol. The van der Waals surface area contributed by atoms with Gasteiger partial charge in [0, 0.05) is 0 Å². The first-order valence-corrected chi connectivity index (χ1v) is 10.8. The molecule has 0 unspecified atom stereocenters. The van der Waals surface area contributed by atoms with Crippen molar-refractivity contribution >= 4 is 35.3 Å². The molecule has 0 nitrogen and oxygen atoms in total. The van der Waals surface area contributed by atoms with Crippen LogP contribution in [0.15, 0.2) is 12.7 Å². The zero-order chi connectivity index (χ0) is 4.99. The van der Waals surface area contributed by atoms with Gasteiger partial charge < -0.3 is 0 Å². The molecule has 0 aromatic carbocycles. The van der Waals surface area contributed by atoms with Gasteiger partial charge in [0.05, 0.1) is 0 Å². The van der Waals surface area contributed by atoms with E-state index in [1.54, 1.807) is 6.08 Å². The molecule has 0 aliphatic carbocycles. The third kappa shape index (κ3) is 5.12. The van der Waals surface area contributed by atoms with E-state index < -0.39 is 17.5 Å². The molecule has 0 rings (SSSR count). The van der Waals surface area contributed by atoms with Crippen LogP contribution in [0.3, 0.4) is 0 Å². The van der Waals surface area contributed by atoms with E-state index in [2.05, 4.69) is 6.58 Å². The summed E-state index contributed by atoms with van der Waals surface area (Å²) in [6.45, 7) is 3.48. The zero-order valence-electron chi connectivity index (χ0n) is 3.25. The van der Waals surface area contributed by atoms with E-state index in [1.807, 2.05) is 0 Å². The van der Waals surface area contributed by atoms with E-state index in [4.69, 9.17) is 17.8 Å². The minimum absolute atomic E-state index is 0.866. The fourth-order valence-corrected chi connectivity index (χ4v) is 2.20. The summed E-state index contributed by atoms with van der Waals surface area (Å²) in [5, 5.41) is 0. The quantitative estimate of drug-likeness (QED) is 0.504. The average molecular weight is 231 g/mol. The van der Waals surface area contributed by atoms with Crippen molar-refractivity contribution in [2.24, 2.45) is 0 Å². The monoisotopic (exact) mass is 231 g/mol. The van der Waals surface area contributed by atoms with E-state index in [9.17, 15) is 0 Å². The van der Waals surface area contributed by atoms with Crippen LogP contribution >= 0.6 is 17.8 Å². The van der Waals surface area contributed by atoms with Gasteiger partial charge in [-0.05, 0) is 0 Å². The van der Waals surface area contributed by atoms with Crippen molar-refractivity contribution in [2.45, 2.75) is 4.44 Å². The summed E-state index contributed by atoms with van der Waals surface area (Å²) in [7, 11) is 10.9. The van der Waals surface area contributed by atoms with Crippen LogP contribution in [0.5, 0.6) is 0 Å². The summed E-state index contributed by atoms with van der Waals surface area (Å²) in [6, 6.07) is 0. The van der Waals surface area contributed by atoms with Gasteiger partial charge in [0.25, 0.3) is 0 Å². The van der Waals surface area contributed by atoms with Gasteiger partial charge in [0.2, 0.25) is 0 Å². The van der Waals surface area contributed by atoms with Gasteiger partial charge in [-0.25, -0.2) is 0 Å². The first-order chi connectivity index (χ1) is 2.77. The molecule has 0 saturated heterocycles. The van der Waals surface area contributed by atoms with Crippen molar-refractivity contribution in [1.82, 2.24) is 0 Å². The molecule has 0 spiro atoms. The second-order valence-electron chi connectivity index (χ2n) is 0.831. The third-order valence-electron chi connectivity index (χ3n) is 0.299. The molecule has 0 atom stereocenters. The van der Waals surface area contributed by atoms with Crippen LogP contribution in [-0.4, -0.2) is 17.5 Å². The van der Waals surface area contributed by atoms with E-state index in [-0.39, 0.29) is 0 Å². The molecule has 0 aliphatic heterocycles. The van der Waals surface area contributed by atoms with E-state index in [0.29, 0.717) is 0 Å². The predicted molar refractivity (Wildman–Crippen MR) is 32.5 cm³/mol. The molecule has 0 heterocycles. The Morgan fingerprint density at radius 2 is 2.17 bits per heavy atom. The molecule has 0 radical (unpaired) electrons. The number of halogens is 2. The van der Waals surface area contributed by atoms with Crippen molar-refractivity contribution in [1.29, 1.82) is 0 Å².